The third-order valence-corrected chi connectivity index (χ3v) is 8.00. The van der Waals surface area contributed by atoms with Crippen molar-refractivity contribution in [2.75, 3.05) is 12.8 Å². The largest absolute Gasteiger partial charge is 0.464 e. The number of thiophene rings is 1. The van der Waals surface area contributed by atoms with Crippen LogP contribution in [0.2, 0.25) is 0 Å². The number of hydrogen-bond acceptors (Lipinski definition) is 5. The van der Waals surface area contributed by atoms with Crippen LogP contribution in [0.25, 0.3) is 10.6 Å². The number of urea groups is 1. The maximum atomic E-state index is 12.5. The highest BCUT2D eigenvalue weighted by Crippen LogP contribution is 2.38. The molecule has 7 heteroatoms. The van der Waals surface area contributed by atoms with Gasteiger partial charge in [-0.05, 0) is 91.1 Å². The van der Waals surface area contributed by atoms with E-state index in [1.54, 1.807) is 17.6 Å². The van der Waals surface area contributed by atoms with E-state index < -0.39 is 0 Å². The normalized spacial score (nSPS) is 17.1. The fourth-order valence-electron chi connectivity index (χ4n) is 4.19. The van der Waals surface area contributed by atoms with E-state index in [1.807, 2.05) is 30.1 Å². The Bertz CT molecular complexity index is 958. The molecule has 0 bridgehead atoms. The summed E-state index contributed by atoms with van der Waals surface area (Å²) < 4.78 is 5.66. The number of hydrogen-bond donors (Lipinski definition) is 3. The molecule has 1 aliphatic carbocycles. The number of carbonyl (C=O) groups is 1. The van der Waals surface area contributed by atoms with Gasteiger partial charge in [0.05, 0.1) is 11.1 Å². The van der Waals surface area contributed by atoms with Crippen molar-refractivity contribution in [2.24, 2.45) is 0 Å². The van der Waals surface area contributed by atoms with Gasteiger partial charge < -0.3 is 20.4 Å². The number of rotatable bonds is 6. The number of nitrogens with one attached hydrogen (secondary N) is 3. The first-order chi connectivity index (χ1) is 14.7. The van der Waals surface area contributed by atoms with Crippen LogP contribution in [0, 0.1) is 0 Å². The molecule has 0 fully saturated rings. The van der Waals surface area contributed by atoms with E-state index in [2.05, 4.69) is 29.1 Å². The Morgan fingerprint density at radius 1 is 1.33 bits per heavy atom. The second-order valence-corrected chi connectivity index (χ2v) is 9.69. The number of furan rings is 1. The summed E-state index contributed by atoms with van der Waals surface area (Å²) in [4.78, 5) is 16.4. The summed E-state index contributed by atoms with van der Waals surface area (Å²) in [6, 6.07) is 3.73. The molecular weight excluding hydrogens is 414 g/mol. The van der Waals surface area contributed by atoms with Gasteiger partial charge in [0.25, 0.3) is 0 Å². The molecule has 0 atom stereocenters. The maximum absolute atomic E-state index is 12.5. The Labute approximate surface area is 186 Å². The first-order valence-corrected chi connectivity index (χ1v) is 12.6. The highest BCUT2D eigenvalue weighted by molar-refractivity contribution is 8.02. The summed E-state index contributed by atoms with van der Waals surface area (Å²) >= 11 is 3.60. The molecule has 2 aromatic heterocycles. The van der Waals surface area contributed by atoms with Crippen LogP contribution in [0.3, 0.4) is 0 Å². The lowest BCUT2D eigenvalue weighted by Crippen LogP contribution is -2.32. The van der Waals surface area contributed by atoms with Crippen molar-refractivity contribution >= 4 is 29.1 Å². The molecule has 5 nitrogen and oxygen atoms in total. The van der Waals surface area contributed by atoms with Crippen LogP contribution in [0.4, 0.5) is 4.79 Å². The zero-order valence-electron chi connectivity index (χ0n) is 17.6. The zero-order chi connectivity index (χ0) is 20.9. The van der Waals surface area contributed by atoms with Crippen LogP contribution in [-0.4, -0.2) is 18.8 Å². The molecule has 1 aliphatic heterocycles. The van der Waals surface area contributed by atoms with Crippen molar-refractivity contribution in [1.82, 2.24) is 16.0 Å². The Morgan fingerprint density at radius 3 is 3.00 bits per heavy atom. The quantitative estimate of drug-likeness (QED) is 0.548. The Morgan fingerprint density at radius 2 is 2.20 bits per heavy atom. The van der Waals surface area contributed by atoms with Gasteiger partial charge in [-0.25, -0.2) is 4.79 Å². The average Bonchev–Trinajstić information content (AvgIpc) is 3.43. The summed E-state index contributed by atoms with van der Waals surface area (Å²) in [5.41, 5.74) is 5.09. The van der Waals surface area contributed by atoms with Gasteiger partial charge in [0.1, 0.15) is 5.76 Å². The molecule has 30 heavy (non-hydrogen) atoms. The molecular formula is C23H29N3O2S2. The third kappa shape index (κ3) is 4.68. The predicted molar refractivity (Wildman–Crippen MR) is 126 cm³/mol. The highest BCUT2D eigenvalue weighted by atomic mass is 32.2. The van der Waals surface area contributed by atoms with Crippen molar-refractivity contribution in [3.63, 3.8) is 0 Å². The molecule has 0 spiro atoms. The van der Waals surface area contributed by atoms with Gasteiger partial charge in [-0.15, -0.1) is 23.1 Å². The van der Waals surface area contributed by atoms with Gasteiger partial charge in [-0.3, -0.25) is 0 Å². The lowest BCUT2D eigenvalue weighted by Gasteiger charge is -2.19. The van der Waals surface area contributed by atoms with E-state index in [1.165, 1.54) is 39.3 Å². The van der Waals surface area contributed by atoms with E-state index in [-0.39, 0.29) is 6.03 Å². The summed E-state index contributed by atoms with van der Waals surface area (Å²) in [5, 5.41) is 9.41. The van der Waals surface area contributed by atoms with Gasteiger partial charge in [0, 0.05) is 24.2 Å². The summed E-state index contributed by atoms with van der Waals surface area (Å²) in [5.74, 6) is 0.871. The van der Waals surface area contributed by atoms with Crippen molar-refractivity contribution < 1.29 is 9.21 Å². The van der Waals surface area contributed by atoms with E-state index in [4.69, 9.17) is 4.42 Å². The second-order valence-electron chi connectivity index (χ2n) is 7.68. The first kappa shape index (κ1) is 21.3. The highest BCUT2D eigenvalue weighted by Gasteiger charge is 2.23. The third-order valence-electron chi connectivity index (χ3n) is 5.77. The summed E-state index contributed by atoms with van der Waals surface area (Å²) in [7, 11) is 0. The van der Waals surface area contributed by atoms with Crippen molar-refractivity contribution in [3.05, 3.63) is 56.7 Å². The monoisotopic (exact) mass is 443 g/mol. The number of amides is 2. The molecule has 2 aliphatic rings. The van der Waals surface area contributed by atoms with Gasteiger partial charge in [0.15, 0.2) is 0 Å². The Kier molecular flexibility index (Phi) is 7.02. The molecule has 2 aromatic rings. The fraction of sp³-hybridized carbons (Fsp3) is 0.435. The smallest absolute Gasteiger partial charge is 0.319 e. The maximum Gasteiger partial charge on any atom is 0.319 e. The van der Waals surface area contributed by atoms with Crippen LogP contribution in [0.5, 0.6) is 0 Å². The van der Waals surface area contributed by atoms with Crippen molar-refractivity contribution in [3.8, 4) is 10.6 Å². The minimum Gasteiger partial charge on any atom is -0.464 e. The Hall–Kier alpha value is -1.96. The molecule has 4 rings (SSSR count). The number of allylic oxidation sites excluding steroid dienone is 3. The van der Waals surface area contributed by atoms with E-state index in [0.717, 1.165) is 48.6 Å². The van der Waals surface area contributed by atoms with Gasteiger partial charge in [-0.2, -0.15) is 0 Å². The number of carbonyl (C=O) groups excluding carboxylic acids is 1. The molecule has 160 valence electrons. The zero-order valence-corrected chi connectivity index (χ0v) is 19.2. The van der Waals surface area contributed by atoms with E-state index in [0.29, 0.717) is 6.54 Å². The molecule has 3 heterocycles. The topological polar surface area (TPSA) is 66.3 Å². The average molecular weight is 444 g/mol. The van der Waals surface area contributed by atoms with Crippen LogP contribution < -0.4 is 16.0 Å². The molecule has 2 amide bonds. The minimum absolute atomic E-state index is 0.171. The predicted octanol–water partition coefficient (Wildman–Crippen LogP) is 5.55. The first-order valence-electron chi connectivity index (χ1n) is 10.5. The second kappa shape index (κ2) is 9.90. The van der Waals surface area contributed by atoms with E-state index >= 15 is 0 Å². The summed E-state index contributed by atoms with van der Waals surface area (Å²) in [6.07, 6.45) is 11.4. The minimum atomic E-state index is -0.171. The van der Waals surface area contributed by atoms with Crippen LogP contribution in [0.1, 0.15) is 48.6 Å². The van der Waals surface area contributed by atoms with Gasteiger partial charge in [0.2, 0.25) is 0 Å². The molecule has 0 radical (unpaired) electrons. The number of thioether (sulfide) groups is 1. The summed E-state index contributed by atoms with van der Waals surface area (Å²) in [6.45, 7) is 4.44. The van der Waals surface area contributed by atoms with E-state index in [9.17, 15) is 4.79 Å². The van der Waals surface area contributed by atoms with Gasteiger partial charge in [-0.1, -0.05) is 0 Å². The molecule has 3 N–H and O–H groups in total. The van der Waals surface area contributed by atoms with Crippen molar-refractivity contribution in [2.45, 2.75) is 52.1 Å². The van der Waals surface area contributed by atoms with Crippen molar-refractivity contribution in [1.29, 1.82) is 0 Å². The standard InChI is InChI=1S/C23H29N3O2S2/c1-15(16-6-3-4-8-20(16)29-2)12-25-23(27)26-13-18-17-9-10-24-14-21(17)30-22(18)19-7-5-11-28-19/h5,7,11-12,24H,3-4,6,8-10,13-14H2,1-2H3,(H2,25,26,27)/b15-12+. The Balaban J connectivity index is 1.44. The molecule has 0 saturated heterocycles. The lowest BCUT2D eigenvalue weighted by atomic mass is 9.94. The van der Waals surface area contributed by atoms with Gasteiger partial charge >= 0.3 is 6.03 Å². The molecule has 0 aromatic carbocycles. The molecule has 0 saturated carbocycles. The fourth-order valence-corrected chi connectivity index (χ4v) is 6.36. The van der Waals surface area contributed by atoms with Crippen LogP contribution in [-0.2, 0) is 19.5 Å². The van der Waals surface area contributed by atoms with Crippen LogP contribution in [0.15, 0.2) is 45.1 Å². The lowest BCUT2D eigenvalue weighted by molar-refractivity contribution is 0.243. The SMILES string of the molecule is CSC1=C(/C(C)=C/NC(=O)NCc2c(-c3ccco3)sc3c2CCNC3)CCCC1. The van der Waals surface area contributed by atoms with Crippen LogP contribution >= 0.6 is 23.1 Å². The molecule has 0 unspecified atom stereocenters. The number of fused-ring (bicyclic) bond motifs is 1.